The van der Waals surface area contributed by atoms with Gasteiger partial charge in [-0.3, -0.25) is 0 Å². The molecule has 2 N–H and O–H groups in total. The number of benzene rings is 1. The van der Waals surface area contributed by atoms with Crippen LogP contribution in [0.4, 0.5) is 0 Å². The van der Waals surface area contributed by atoms with Crippen LogP contribution in [-0.2, 0) is 6.42 Å². The zero-order chi connectivity index (χ0) is 11.0. The maximum absolute atomic E-state index is 11.1. The summed E-state index contributed by atoms with van der Waals surface area (Å²) in [5, 5.41) is 19.2. The van der Waals surface area contributed by atoms with Gasteiger partial charge in [-0.25, -0.2) is 4.79 Å². The Morgan fingerprint density at radius 3 is 2.53 bits per heavy atom. The van der Waals surface area contributed by atoms with Crippen molar-refractivity contribution in [3.05, 3.63) is 34.2 Å². The predicted molar refractivity (Wildman–Crippen MR) is 55.2 cm³/mol. The predicted octanol–water partition coefficient (Wildman–Crippen LogP) is 1.77. The summed E-state index contributed by atoms with van der Waals surface area (Å²) in [6.45, 7) is 1.90. The van der Waals surface area contributed by atoms with Crippen LogP contribution in [0.2, 0.25) is 0 Å². The van der Waals surface area contributed by atoms with Gasteiger partial charge in [0.15, 0.2) is 11.5 Å². The summed E-state index contributed by atoms with van der Waals surface area (Å²) in [6, 6.07) is 4.02. The van der Waals surface area contributed by atoms with E-state index in [0.29, 0.717) is 11.8 Å². The van der Waals surface area contributed by atoms with Gasteiger partial charge < -0.3 is 14.6 Å². The third kappa shape index (κ3) is 1.54. The molecule has 4 heteroatoms. The Kier molecular flexibility index (Phi) is 2.11. The van der Waals surface area contributed by atoms with Gasteiger partial charge in [0.2, 0.25) is 0 Å². The number of phenolic OH excluding ortho intramolecular Hbond substituents is 2. The summed E-state index contributed by atoms with van der Waals surface area (Å²) in [6.07, 6.45) is 0.659. The summed E-state index contributed by atoms with van der Waals surface area (Å²) < 4.78 is 4.91. The lowest BCUT2D eigenvalue weighted by Crippen LogP contribution is -1.99. The van der Waals surface area contributed by atoms with Gasteiger partial charge in [0.1, 0.15) is 5.58 Å². The van der Waals surface area contributed by atoms with E-state index in [-0.39, 0.29) is 17.1 Å². The van der Waals surface area contributed by atoms with Crippen molar-refractivity contribution in [2.75, 3.05) is 0 Å². The Morgan fingerprint density at radius 1 is 1.20 bits per heavy atom. The minimum absolute atomic E-state index is 0.217. The van der Waals surface area contributed by atoms with Crippen molar-refractivity contribution in [2.24, 2.45) is 0 Å². The van der Waals surface area contributed by atoms with Gasteiger partial charge in [-0.05, 0) is 18.1 Å². The second-order valence-electron chi connectivity index (χ2n) is 3.28. The molecule has 0 amide bonds. The number of hydrogen-bond donors (Lipinski definition) is 2. The van der Waals surface area contributed by atoms with E-state index < -0.39 is 5.63 Å². The molecule has 0 aliphatic carbocycles. The highest BCUT2D eigenvalue weighted by Gasteiger charge is 2.08. The second kappa shape index (κ2) is 3.31. The third-order valence-corrected chi connectivity index (χ3v) is 2.31. The minimum Gasteiger partial charge on any atom is -0.504 e. The molecule has 0 radical (unpaired) electrons. The van der Waals surface area contributed by atoms with Crippen LogP contribution in [0, 0.1) is 0 Å². The van der Waals surface area contributed by atoms with Crippen molar-refractivity contribution in [2.45, 2.75) is 13.3 Å². The van der Waals surface area contributed by atoms with E-state index in [1.165, 1.54) is 18.2 Å². The molecule has 1 aromatic heterocycles. The molecule has 0 atom stereocenters. The second-order valence-corrected chi connectivity index (χ2v) is 3.28. The molecular weight excluding hydrogens is 196 g/mol. The summed E-state index contributed by atoms with van der Waals surface area (Å²) in [5.41, 5.74) is 0.621. The van der Waals surface area contributed by atoms with E-state index in [9.17, 15) is 15.0 Å². The normalized spacial score (nSPS) is 10.7. The van der Waals surface area contributed by atoms with Crippen LogP contribution in [0.5, 0.6) is 11.5 Å². The highest BCUT2D eigenvalue weighted by molar-refractivity contribution is 5.83. The summed E-state index contributed by atoms with van der Waals surface area (Å²) in [7, 11) is 0. The number of aromatic hydroxyl groups is 2. The van der Waals surface area contributed by atoms with Crippen LogP contribution < -0.4 is 5.63 Å². The van der Waals surface area contributed by atoms with Crippen LogP contribution in [-0.4, -0.2) is 10.2 Å². The average molecular weight is 206 g/mol. The number of aryl methyl sites for hydroxylation is 1. The first-order chi connectivity index (χ1) is 7.11. The average Bonchev–Trinajstić information content (AvgIpc) is 2.19. The highest BCUT2D eigenvalue weighted by Crippen LogP contribution is 2.31. The van der Waals surface area contributed by atoms with Crippen LogP contribution >= 0.6 is 0 Å². The maximum Gasteiger partial charge on any atom is 0.336 e. The largest absolute Gasteiger partial charge is 0.504 e. The van der Waals surface area contributed by atoms with E-state index in [1.807, 2.05) is 6.92 Å². The molecule has 0 aliphatic rings. The lowest BCUT2D eigenvalue weighted by Gasteiger charge is -2.04. The van der Waals surface area contributed by atoms with Gasteiger partial charge in [0.05, 0.1) is 0 Å². The van der Waals surface area contributed by atoms with Crippen LogP contribution in [0.25, 0.3) is 11.0 Å². The van der Waals surface area contributed by atoms with Crippen molar-refractivity contribution in [1.29, 1.82) is 0 Å². The molecule has 1 heterocycles. The third-order valence-electron chi connectivity index (χ3n) is 2.31. The van der Waals surface area contributed by atoms with Crippen LogP contribution in [0.15, 0.2) is 27.4 Å². The zero-order valence-electron chi connectivity index (χ0n) is 8.15. The van der Waals surface area contributed by atoms with Gasteiger partial charge >= 0.3 is 5.63 Å². The van der Waals surface area contributed by atoms with E-state index in [2.05, 4.69) is 0 Å². The minimum atomic E-state index is -0.454. The molecule has 0 saturated heterocycles. The van der Waals surface area contributed by atoms with Crippen molar-refractivity contribution in [1.82, 2.24) is 0 Å². The Morgan fingerprint density at radius 2 is 1.87 bits per heavy atom. The molecule has 1 aromatic carbocycles. The SMILES string of the molecule is CCc1cc(=O)oc2cc(O)c(O)cc12. The molecule has 0 bridgehead atoms. The molecule has 0 spiro atoms. The standard InChI is InChI=1S/C11H10O4/c1-2-6-3-11(14)15-10-5-9(13)8(12)4-7(6)10/h3-5,12-13H,2H2,1H3. The van der Waals surface area contributed by atoms with Crippen LogP contribution in [0.3, 0.4) is 0 Å². The summed E-state index contributed by atoms with van der Waals surface area (Å²) in [5.74, 6) is -0.509. The molecule has 78 valence electrons. The fourth-order valence-electron chi connectivity index (χ4n) is 1.54. The molecule has 0 fully saturated rings. The monoisotopic (exact) mass is 206 g/mol. The molecule has 0 saturated carbocycles. The lowest BCUT2D eigenvalue weighted by molar-refractivity contribution is 0.403. The first-order valence-corrected chi connectivity index (χ1v) is 4.60. The summed E-state index contributed by atoms with van der Waals surface area (Å²) in [4.78, 5) is 11.1. The van der Waals surface area contributed by atoms with E-state index in [4.69, 9.17) is 4.42 Å². The van der Waals surface area contributed by atoms with Crippen molar-refractivity contribution in [3.63, 3.8) is 0 Å². The molecule has 0 aliphatic heterocycles. The number of hydrogen-bond acceptors (Lipinski definition) is 4. The van der Waals surface area contributed by atoms with Crippen LogP contribution in [0.1, 0.15) is 12.5 Å². The number of phenols is 2. The van der Waals surface area contributed by atoms with Gasteiger partial charge in [-0.1, -0.05) is 6.92 Å². The van der Waals surface area contributed by atoms with E-state index in [0.717, 1.165) is 5.56 Å². The fourth-order valence-corrected chi connectivity index (χ4v) is 1.54. The molecule has 4 nitrogen and oxygen atoms in total. The molecule has 2 aromatic rings. The van der Waals surface area contributed by atoms with Crippen molar-refractivity contribution in [3.8, 4) is 11.5 Å². The maximum atomic E-state index is 11.1. The molecule has 0 unspecified atom stereocenters. The Balaban J connectivity index is 2.90. The van der Waals surface area contributed by atoms with E-state index in [1.54, 1.807) is 0 Å². The zero-order valence-corrected chi connectivity index (χ0v) is 8.15. The van der Waals surface area contributed by atoms with Gasteiger partial charge in [0.25, 0.3) is 0 Å². The Hall–Kier alpha value is -1.97. The lowest BCUT2D eigenvalue weighted by atomic mass is 10.1. The van der Waals surface area contributed by atoms with E-state index >= 15 is 0 Å². The first kappa shape index (κ1) is 9.58. The van der Waals surface area contributed by atoms with Gasteiger partial charge in [-0.2, -0.15) is 0 Å². The summed E-state index contributed by atoms with van der Waals surface area (Å²) >= 11 is 0. The van der Waals surface area contributed by atoms with Crippen molar-refractivity contribution < 1.29 is 14.6 Å². The number of rotatable bonds is 1. The fraction of sp³-hybridized carbons (Fsp3) is 0.182. The number of fused-ring (bicyclic) bond motifs is 1. The Labute approximate surface area is 85.4 Å². The van der Waals surface area contributed by atoms with Crippen molar-refractivity contribution >= 4 is 11.0 Å². The quantitative estimate of drug-likeness (QED) is 0.551. The topological polar surface area (TPSA) is 70.7 Å². The van der Waals surface area contributed by atoms with Gasteiger partial charge in [0, 0.05) is 17.5 Å². The molecular formula is C11H10O4. The smallest absolute Gasteiger partial charge is 0.336 e. The van der Waals surface area contributed by atoms with Gasteiger partial charge in [-0.15, -0.1) is 0 Å². The molecule has 2 rings (SSSR count). The first-order valence-electron chi connectivity index (χ1n) is 4.60. The highest BCUT2D eigenvalue weighted by atomic mass is 16.4. The Bertz CT molecular complexity index is 569. The molecule has 15 heavy (non-hydrogen) atoms.